The van der Waals surface area contributed by atoms with E-state index in [-0.39, 0.29) is 0 Å². The number of hydrogen-bond donors (Lipinski definition) is 1. The molecule has 0 aliphatic rings. The first-order chi connectivity index (χ1) is 7.60. The predicted octanol–water partition coefficient (Wildman–Crippen LogP) is 2.99. The van der Waals surface area contributed by atoms with Crippen molar-refractivity contribution in [3.05, 3.63) is 0 Å². The number of hydrogen-bond acceptors (Lipinski definition) is 2. The van der Waals surface area contributed by atoms with Gasteiger partial charge in [-0.2, -0.15) is 0 Å². The smallest absolute Gasteiger partial charge is 0.0105 e. The van der Waals surface area contributed by atoms with Crippen LogP contribution in [-0.4, -0.2) is 37.6 Å². The molecule has 0 amide bonds. The second-order valence-electron chi connectivity index (χ2n) is 5.05. The van der Waals surface area contributed by atoms with Crippen LogP contribution in [0.2, 0.25) is 0 Å². The highest BCUT2D eigenvalue weighted by molar-refractivity contribution is 4.75. The molecule has 0 saturated carbocycles. The molecule has 0 fully saturated rings. The van der Waals surface area contributed by atoms with Crippen LogP contribution >= 0.6 is 0 Å². The van der Waals surface area contributed by atoms with Gasteiger partial charge in [-0.15, -0.1) is 0 Å². The Labute approximate surface area is 103 Å². The molecule has 2 heteroatoms. The minimum absolute atomic E-state index is 0.679. The quantitative estimate of drug-likeness (QED) is 0.652. The first-order valence-corrected chi connectivity index (χ1v) is 6.99. The van der Waals surface area contributed by atoms with Crippen molar-refractivity contribution < 1.29 is 0 Å². The maximum absolute atomic E-state index is 3.28. The summed E-state index contributed by atoms with van der Waals surface area (Å²) in [6.07, 6.45) is 2.61. The Kier molecular flexibility index (Phi) is 8.96. The molecule has 98 valence electrons. The fourth-order valence-corrected chi connectivity index (χ4v) is 2.31. The molecular formula is C14H32N2. The van der Waals surface area contributed by atoms with Crippen LogP contribution in [0.15, 0.2) is 0 Å². The molecular weight excluding hydrogens is 196 g/mol. The van der Waals surface area contributed by atoms with Crippen molar-refractivity contribution in [2.45, 2.75) is 53.5 Å². The van der Waals surface area contributed by atoms with Gasteiger partial charge in [-0.3, -0.25) is 0 Å². The van der Waals surface area contributed by atoms with E-state index < -0.39 is 0 Å². The molecule has 1 N–H and O–H groups in total. The van der Waals surface area contributed by atoms with E-state index in [9.17, 15) is 0 Å². The lowest BCUT2D eigenvalue weighted by Gasteiger charge is -2.34. The molecule has 2 unspecified atom stereocenters. The van der Waals surface area contributed by atoms with E-state index in [1.165, 1.54) is 25.9 Å². The van der Waals surface area contributed by atoms with Gasteiger partial charge in [0.2, 0.25) is 0 Å². The SMILES string of the molecule is CCC(CC)CN(CC)C(C)C(C)CNC. The van der Waals surface area contributed by atoms with E-state index in [1.807, 2.05) is 7.05 Å². The average molecular weight is 228 g/mol. The maximum Gasteiger partial charge on any atom is 0.0105 e. The van der Waals surface area contributed by atoms with Crippen LogP contribution in [0.3, 0.4) is 0 Å². The molecule has 0 spiro atoms. The van der Waals surface area contributed by atoms with Gasteiger partial charge in [0, 0.05) is 12.6 Å². The summed E-state index contributed by atoms with van der Waals surface area (Å²) in [7, 11) is 2.04. The first kappa shape index (κ1) is 15.9. The third-order valence-corrected chi connectivity index (χ3v) is 3.98. The summed E-state index contributed by atoms with van der Waals surface area (Å²) < 4.78 is 0. The van der Waals surface area contributed by atoms with Gasteiger partial charge in [-0.05, 0) is 38.9 Å². The van der Waals surface area contributed by atoms with Crippen LogP contribution in [0.1, 0.15) is 47.5 Å². The minimum Gasteiger partial charge on any atom is -0.319 e. The molecule has 0 aliphatic carbocycles. The third kappa shape index (κ3) is 5.31. The van der Waals surface area contributed by atoms with Crippen LogP contribution in [0.25, 0.3) is 0 Å². The Morgan fingerprint density at radius 1 is 1.06 bits per heavy atom. The molecule has 16 heavy (non-hydrogen) atoms. The van der Waals surface area contributed by atoms with Crippen molar-refractivity contribution in [2.24, 2.45) is 11.8 Å². The lowest BCUT2D eigenvalue weighted by Crippen LogP contribution is -2.42. The lowest BCUT2D eigenvalue weighted by atomic mass is 9.98. The molecule has 0 aliphatic heterocycles. The highest BCUT2D eigenvalue weighted by Gasteiger charge is 2.20. The molecule has 0 aromatic rings. The van der Waals surface area contributed by atoms with Crippen molar-refractivity contribution in [3.63, 3.8) is 0 Å². The van der Waals surface area contributed by atoms with Crippen LogP contribution in [0.4, 0.5) is 0 Å². The normalized spacial score (nSPS) is 15.8. The summed E-state index contributed by atoms with van der Waals surface area (Å²) in [6, 6.07) is 0.679. The lowest BCUT2D eigenvalue weighted by molar-refractivity contribution is 0.140. The molecule has 0 bridgehead atoms. The second kappa shape index (κ2) is 9.00. The van der Waals surface area contributed by atoms with Crippen molar-refractivity contribution in [1.82, 2.24) is 10.2 Å². The monoisotopic (exact) mass is 228 g/mol. The molecule has 2 nitrogen and oxygen atoms in total. The van der Waals surface area contributed by atoms with E-state index in [2.05, 4.69) is 44.8 Å². The van der Waals surface area contributed by atoms with E-state index in [1.54, 1.807) is 0 Å². The van der Waals surface area contributed by atoms with E-state index in [0.717, 1.165) is 18.4 Å². The Hall–Kier alpha value is -0.0800. The summed E-state index contributed by atoms with van der Waals surface area (Å²) in [5, 5.41) is 3.28. The summed E-state index contributed by atoms with van der Waals surface area (Å²) in [6.45, 7) is 15.2. The zero-order valence-corrected chi connectivity index (χ0v) is 12.2. The fourth-order valence-electron chi connectivity index (χ4n) is 2.31. The molecule has 0 heterocycles. The van der Waals surface area contributed by atoms with E-state index in [0.29, 0.717) is 6.04 Å². The van der Waals surface area contributed by atoms with Gasteiger partial charge in [0.05, 0.1) is 0 Å². The number of rotatable bonds is 9. The topological polar surface area (TPSA) is 15.3 Å². The van der Waals surface area contributed by atoms with Gasteiger partial charge in [0.25, 0.3) is 0 Å². The van der Waals surface area contributed by atoms with Crippen LogP contribution in [0, 0.1) is 11.8 Å². The first-order valence-electron chi connectivity index (χ1n) is 6.99. The number of nitrogens with zero attached hydrogens (tertiary/aromatic N) is 1. The van der Waals surface area contributed by atoms with Gasteiger partial charge in [-0.25, -0.2) is 0 Å². The van der Waals surface area contributed by atoms with Gasteiger partial charge in [0.15, 0.2) is 0 Å². The Balaban J connectivity index is 4.24. The van der Waals surface area contributed by atoms with E-state index >= 15 is 0 Å². The standard InChI is InChI=1S/C14H32N2/c1-7-14(8-2)11-16(9-3)13(5)12(4)10-15-6/h12-15H,7-11H2,1-6H3. The minimum atomic E-state index is 0.679. The molecule has 2 atom stereocenters. The van der Waals surface area contributed by atoms with Crippen LogP contribution in [-0.2, 0) is 0 Å². The fraction of sp³-hybridized carbons (Fsp3) is 1.00. The summed E-state index contributed by atoms with van der Waals surface area (Å²) in [5.41, 5.74) is 0. The van der Waals surface area contributed by atoms with Crippen molar-refractivity contribution >= 4 is 0 Å². The second-order valence-corrected chi connectivity index (χ2v) is 5.05. The van der Waals surface area contributed by atoms with Gasteiger partial charge in [-0.1, -0.05) is 40.5 Å². The van der Waals surface area contributed by atoms with Crippen molar-refractivity contribution in [2.75, 3.05) is 26.7 Å². The predicted molar refractivity (Wildman–Crippen MR) is 73.9 cm³/mol. The van der Waals surface area contributed by atoms with E-state index in [4.69, 9.17) is 0 Å². The Morgan fingerprint density at radius 2 is 1.62 bits per heavy atom. The van der Waals surface area contributed by atoms with Crippen molar-refractivity contribution in [1.29, 1.82) is 0 Å². The summed E-state index contributed by atoms with van der Waals surface area (Å²) in [4.78, 5) is 2.64. The largest absolute Gasteiger partial charge is 0.319 e. The molecule has 0 saturated heterocycles. The molecule has 0 rings (SSSR count). The zero-order valence-electron chi connectivity index (χ0n) is 12.2. The number of nitrogens with one attached hydrogen (secondary N) is 1. The highest BCUT2D eigenvalue weighted by Crippen LogP contribution is 2.16. The third-order valence-electron chi connectivity index (χ3n) is 3.98. The zero-order chi connectivity index (χ0) is 12.6. The highest BCUT2D eigenvalue weighted by atomic mass is 15.2. The van der Waals surface area contributed by atoms with Gasteiger partial charge >= 0.3 is 0 Å². The Bertz CT molecular complexity index is 155. The van der Waals surface area contributed by atoms with Crippen LogP contribution in [0.5, 0.6) is 0 Å². The maximum atomic E-state index is 3.28. The summed E-state index contributed by atoms with van der Waals surface area (Å²) in [5.74, 6) is 1.59. The molecule has 0 aromatic heterocycles. The summed E-state index contributed by atoms with van der Waals surface area (Å²) >= 11 is 0. The Morgan fingerprint density at radius 3 is 2.00 bits per heavy atom. The molecule has 0 radical (unpaired) electrons. The average Bonchev–Trinajstić information content (AvgIpc) is 2.30. The molecule has 0 aromatic carbocycles. The van der Waals surface area contributed by atoms with Crippen molar-refractivity contribution in [3.8, 4) is 0 Å². The van der Waals surface area contributed by atoms with Gasteiger partial charge in [0.1, 0.15) is 0 Å². The van der Waals surface area contributed by atoms with Gasteiger partial charge < -0.3 is 10.2 Å². The van der Waals surface area contributed by atoms with Crippen LogP contribution < -0.4 is 5.32 Å².